The maximum Gasteiger partial charge on any atom is 0.573 e. The summed E-state index contributed by atoms with van der Waals surface area (Å²) in [5.41, 5.74) is 5.20. The molecular formula is C57H63F3N4O10Si. The van der Waals surface area contributed by atoms with Crippen molar-refractivity contribution in [3.63, 3.8) is 0 Å². The molecule has 1 aromatic heterocycles. The van der Waals surface area contributed by atoms with E-state index in [4.69, 9.17) is 33.6 Å². The van der Waals surface area contributed by atoms with Crippen LogP contribution in [-0.2, 0) is 35.3 Å². The van der Waals surface area contributed by atoms with E-state index in [0.29, 0.717) is 25.1 Å². The average Bonchev–Trinajstić information content (AvgIpc) is 3.98. The molecule has 3 N–H and O–H groups in total. The van der Waals surface area contributed by atoms with Crippen molar-refractivity contribution < 1.29 is 60.6 Å². The van der Waals surface area contributed by atoms with Crippen molar-refractivity contribution in [2.45, 2.75) is 128 Å². The highest BCUT2D eigenvalue weighted by molar-refractivity contribution is 6.74. The number of hydrogen-bond donors (Lipinski definition) is 2. The smallest absolute Gasteiger partial charge is 0.508 e. The van der Waals surface area contributed by atoms with Gasteiger partial charge in [0, 0.05) is 41.7 Å². The molecular weight excluding hydrogens is 986 g/mol. The van der Waals surface area contributed by atoms with Crippen molar-refractivity contribution in [3.8, 4) is 17.4 Å². The van der Waals surface area contributed by atoms with Crippen LogP contribution >= 0.6 is 0 Å². The lowest BCUT2D eigenvalue weighted by Crippen LogP contribution is -2.64. The summed E-state index contributed by atoms with van der Waals surface area (Å²) < 4.78 is 83.5. The summed E-state index contributed by atoms with van der Waals surface area (Å²) in [6, 6.07) is 25.8. The van der Waals surface area contributed by atoms with Gasteiger partial charge in [-0.25, -0.2) is 4.79 Å². The van der Waals surface area contributed by atoms with E-state index >= 15 is 22.8 Å². The topological polar surface area (TPSA) is 176 Å². The maximum atomic E-state index is 16.2. The Hall–Kier alpha value is -6.47. The van der Waals surface area contributed by atoms with Crippen LogP contribution in [0.1, 0.15) is 121 Å². The highest BCUT2D eigenvalue weighted by Gasteiger charge is 2.67. The molecule has 18 heteroatoms. The Morgan fingerprint density at radius 3 is 2.05 bits per heavy atom. The zero-order valence-electron chi connectivity index (χ0n) is 43.4. The maximum absolute atomic E-state index is 16.2. The van der Waals surface area contributed by atoms with Crippen LogP contribution in [-0.4, -0.2) is 71.8 Å². The van der Waals surface area contributed by atoms with Crippen LogP contribution in [0.3, 0.4) is 0 Å². The molecule has 1 saturated heterocycles. The molecule has 1 amide bonds. The third-order valence-corrected chi connectivity index (χ3v) is 20.3. The quantitative estimate of drug-likeness (QED) is 0.120. The van der Waals surface area contributed by atoms with Crippen molar-refractivity contribution in [2.75, 3.05) is 18.0 Å². The van der Waals surface area contributed by atoms with E-state index in [-0.39, 0.29) is 83.5 Å². The second kappa shape index (κ2) is 19.0. The molecule has 5 aliphatic rings. The lowest BCUT2D eigenvalue weighted by atomic mass is 9.58. The fraction of sp³-hybridized carbons (Fsp3) is 0.439. The number of likely N-dealkylation sites (tertiary alicyclic amines) is 1. The molecule has 0 saturated carbocycles. The first-order valence-corrected chi connectivity index (χ1v) is 28.4. The number of ether oxygens (including phenoxy) is 4. The van der Waals surface area contributed by atoms with Crippen LogP contribution in [0.25, 0.3) is 0 Å². The number of Topliss-reactive ketones (excluding diaryl/α,β-unsaturated/α-hetero) is 2. The number of carbonyl (C=O) groups excluding carboxylic acids is 3. The highest BCUT2D eigenvalue weighted by atomic mass is 28.4. The van der Waals surface area contributed by atoms with E-state index in [9.17, 15) is 9.90 Å². The number of carbonyl (C=O) groups is 3. The SMILES string of the molecule is CC(C)(C)OC(=O)N1CC2CCN(Cc3ccccc3)C2c2c(OC(F)(F)F)c3c(c(OCc4ccccc4)c21)C(=O)C1=C(O)[C@]2(O[Si](C)(C)C(C)(C)C)C(=O)c4c(OCc5ccccc5)noc4[C@@H](N)[C@@H]2C[C@@H]1C3. The van der Waals surface area contributed by atoms with Crippen molar-refractivity contribution in [1.82, 2.24) is 10.1 Å². The number of aliphatic hydroxyl groups is 1. The van der Waals surface area contributed by atoms with Crippen molar-refractivity contribution in [2.24, 2.45) is 23.5 Å². The summed E-state index contributed by atoms with van der Waals surface area (Å²) in [5.74, 6) is -6.01. The van der Waals surface area contributed by atoms with Gasteiger partial charge in [-0.3, -0.25) is 19.4 Å². The zero-order valence-corrected chi connectivity index (χ0v) is 44.4. The second-order valence-corrected chi connectivity index (χ2v) is 27.7. The van der Waals surface area contributed by atoms with Gasteiger partial charge in [0.25, 0.3) is 5.88 Å². The lowest BCUT2D eigenvalue weighted by molar-refractivity contribution is -0.275. The summed E-state index contributed by atoms with van der Waals surface area (Å²) in [5, 5.41) is 16.9. The predicted molar refractivity (Wildman–Crippen MR) is 274 cm³/mol. The largest absolute Gasteiger partial charge is 0.573 e. The third-order valence-electron chi connectivity index (χ3n) is 15.8. The number of allylic oxidation sites excluding steroid dienone is 1. The van der Waals surface area contributed by atoms with Crippen molar-refractivity contribution in [3.05, 3.63) is 147 Å². The number of amides is 1. The number of anilines is 1. The summed E-state index contributed by atoms with van der Waals surface area (Å²) in [7, 11) is -3.17. The Labute approximate surface area is 435 Å². The van der Waals surface area contributed by atoms with Gasteiger partial charge in [0.1, 0.15) is 35.9 Å². The van der Waals surface area contributed by atoms with Gasteiger partial charge < -0.3 is 38.7 Å². The Morgan fingerprint density at radius 1 is 0.867 bits per heavy atom. The van der Waals surface area contributed by atoms with Crippen molar-refractivity contribution in [1.29, 1.82) is 0 Å². The molecule has 14 nitrogen and oxygen atoms in total. The summed E-state index contributed by atoms with van der Waals surface area (Å²) in [4.78, 5) is 50.1. The predicted octanol–water partition coefficient (Wildman–Crippen LogP) is 11.9. The van der Waals surface area contributed by atoms with Gasteiger partial charge in [0.2, 0.25) is 5.78 Å². The number of halogens is 3. The molecule has 0 bridgehead atoms. The number of hydrogen-bond acceptors (Lipinski definition) is 13. The molecule has 4 aromatic carbocycles. The molecule has 3 aliphatic carbocycles. The monoisotopic (exact) mass is 1050 g/mol. The number of fused-ring (bicyclic) bond motifs is 7. The molecule has 3 heterocycles. The Balaban J connectivity index is 1.23. The van der Waals surface area contributed by atoms with Crippen LogP contribution in [0.15, 0.2) is 107 Å². The van der Waals surface area contributed by atoms with Crippen LogP contribution in [0.2, 0.25) is 18.1 Å². The number of aliphatic hydroxyl groups excluding tert-OH is 1. The molecule has 2 unspecified atom stereocenters. The lowest BCUT2D eigenvalue weighted by Gasteiger charge is -2.54. The number of nitrogens with zero attached hydrogens (tertiary/aromatic N) is 3. The van der Waals surface area contributed by atoms with E-state index < -0.39 is 89.9 Å². The molecule has 10 rings (SSSR count). The van der Waals surface area contributed by atoms with Gasteiger partial charge in [-0.2, -0.15) is 0 Å². The molecule has 1 fully saturated rings. The Kier molecular flexibility index (Phi) is 13.1. The normalized spacial score (nSPS) is 23.6. The number of nitrogens with two attached hydrogens (primary N) is 1. The minimum absolute atomic E-state index is 0.00184. The number of alkyl halides is 3. The van der Waals surface area contributed by atoms with Gasteiger partial charge in [-0.05, 0) is 98.4 Å². The number of rotatable bonds is 11. The van der Waals surface area contributed by atoms with Crippen LogP contribution in [0, 0.1) is 17.8 Å². The molecule has 0 spiro atoms. The first-order valence-electron chi connectivity index (χ1n) is 25.5. The van der Waals surface area contributed by atoms with Gasteiger partial charge in [0.05, 0.1) is 17.3 Å². The fourth-order valence-corrected chi connectivity index (χ4v) is 13.0. The summed E-state index contributed by atoms with van der Waals surface area (Å²) >= 11 is 0. The Bertz CT molecular complexity index is 3060. The average molecular weight is 1050 g/mol. The number of benzene rings is 4. The van der Waals surface area contributed by atoms with Crippen LogP contribution < -0.4 is 24.8 Å². The van der Waals surface area contributed by atoms with Gasteiger partial charge in [0.15, 0.2) is 31.2 Å². The summed E-state index contributed by atoms with van der Waals surface area (Å²) in [6.07, 6.45) is -6.07. The molecule has 6 atom stereocenters. The van der Waals surface area contributed by atoms with Gasteiger partial charge in [-0.15, -0.1) is 13.2 Å². The van der Waals surface area contributed by atoms with Crippen LogP contribution in [0.5, 0.6) is 17.4 Å². The molecule has 75 heavy (non-hydrogen) atoms. The van der Waals surface area contributed by atoms with E-state index in [1.54, 1.807) is 45.0 Å². The van der Waals surface area contributed by atoms with Gasteiger partial charge >= 0.3 is 12.5 Å². The fourth-order valence-electron chi connectivity index (χ4n) is 11.5. The zero-order chi connectivity index (χ0) is 53.6. The first kappa shape index (κ1) is 52.0. The van der Waals surface area contributed by atoms with E-state index in [1.807, 2.05) is 101 Å². The standard InChI is InChI=1S/C57H63F3N4O10Si/c1-54(2,3)72-53(68)64-29-35-24-25-63(28-32-18-12-9-13-19-32)44(35)41-45(64)49(69-30-33-20-14-10-15-21-33)40-37(47(41)71-57(58,59)60)26-36-27-38-43(61)48-42(52(62-73-48)70-31-34-22-16-11-17-23-34)51(67)56(38,50(66)39(36)46(40)65)74-75(7,8)55(4,5)6/h9-23,35-36,38,43-44,66H,24-31,61H2,1-8H3/t35?,36-,38-,43-,44?,56-/m0/s1. The van der Waals surface area contributed by atoms with Gasteiger partial charge in [-0.1, -0.05) is 112 Å². The highest BCUT2D eigenvalue weighted by Crippen LogP contribution is 2.63. The van der Waals surface area contributed by atoms with Crippen molar-refractivity contribution >= 4 is 31.7 Å². The molecule has 396 valence electrons. The minimum Gasteiger partial charge on any atom is -0.508 e. The van der Waals surface area contributed by atoms with E-state index in [2.05, 4.69) is 10.1 Å². The van der Waals surface area contributed by atoms with E-state index in [0.717, 1.165) is 11.1 Å². The Morgan fingerprint density at radius 2 is 1.47 bits per heavy atom. The molecule has 5 aromatic rings. The first-order chi connectivity index (χ1) is 35.4. The number of ketones is 2. The van der Waals surface area contributed by atoms with Crippen LogP contribution in [0.4, 0.5) is 23.7 Å². The molecule has 0 radical (unpaired) electrons. The minimum atomic E-state index is -5.29. The van der Waals surface area contributed by atoms with E-state index in [1.165, 1.54) is 4.90 Å². The third kappa shape index (κ3) is 9.30. The molecule has 2 aliphatic heterocycles. The summed E-state index contributed by atoms with van der Waals surface area (Å²) in [6.45, 7) is 15.4. The number of aromatic nitrogens is 1. The second-order valence-electron chi connectivity index (χ2n) is 22.9.